The number of phenols is 1. The first-order valence-electron chi connectivity index (χ1n) is 12.4. The number of nitrogens with zero attached hydrogens (tertiary/aromatic N) is 3. The third kappa shape index (κ3) is 4.41. The van der Waals surface area contributed by atoms with Crippen LogP contribution in [0, 0.1) is 17.7 Å². The number of hydrogen-bond acceptors (Lipinski definition) is 6. The van der Waals surface area contributed by atoms with E-state index in [0.29, 0.717) is 33.8 Å². The van der Waals surface area contributed by atoms with Crippen molar-refractivity contribution in [1.29, 1.82) is 0 Å². The van der Waals surface area contributed by atoms with E-state index in [-0.39, 0.29) is 17.3 Å². The van der Waals surface area contributed by atoms with Gasteiger partial charge in [-0.3, -0.25) is 9.78 Å². The molecule has 0 aliphatic heterocycles. The first kappa shape index (κ1) is 23.5. The number of hydrogen-bond donors (Lipinski definition) is 2. The zero-order chi connectivity index (χ0) is 26.4. The van der Waals surface area contributed by atoms with Crippen LogP contribution in [0.5, 0.6) is 17.5 Å². The van der Waals surface area contributed by atoms with Crippen LogP contribution in [0.2, 0.25) is 0 Å². The number of imidazole rings is 1. The summed E-state index contributed by atoms with van der Waals surface area (Å²) in [5.74, 6) is 0.876. The fraction of sp³-hybridized carbons (Fsp3) is 0.167. The fourth-order valence-corrected chi connectivity index (χ4v) is 4.73. The van der Waals surface area contributed by atoms with Crippen LogP contribution in [-0.4, -0.2) is 26.0 Å². The average Bonchev–Trinajstić information content (AvgIpc) is 3.54. The molecular weight excluding hydrogens is 480 g/mol. The number of aromatic amines is 1. The van der Waals surface area contributed by atoms with E-state index in [1.165, 1.54) is 12.5 Å². The van der Waals surface area contributed by atoms with Gasteiger partial charge in [-0.05, 0) is 60.2 Å². The molecule has 1 aliphatic carbocycles. The van der Waals surface area contributed by atoms with Gasteiger partial charge in [-0.15, -0.1) is 4.91 Å². The van der Waals surface area contributed by atoms with Crippen molar-refractivity contribution in [2.24, 2.45) is 11.1 Å². The van der Waals surface area contributed by atoms with Gasteiger partial charge in [-0.1, -0.05) is 43.3 Å². The number of carbonyl (C=O) groups excluding carboxylic acids is 1. The number of aromatic nitrogens is 3. The van der Waals surface area contributed by atoms with E-state index in [0.717, 1.165) is 28.3 Å². The predicted molar refractivity (Wildman–Crippen MR) is 144 cm³/mol. The molecular formula is C30H24N4O4. The van der Waals surface area contributed by atoms with Crippen LogP contribution < -0.4 is 4.74 Å². The van der Waals surface area contributed by atoms with Crippen LogP contribution in [-0.2, 0) is 0 Å². The van der Waals surface area contributed by atoms with Gasteiger partial charge < -0.3 is 14.8 Å². The number of aromatic hydroxyl groups is 1. The number of fused-ring (bicyclic) bond motifs is 1. The van der Waals surface area contributed by atoms with Crippen LogP contribution in [0.15, 0.2) is 78.1 Å². The van der Waals surface area contributed by atoms with Crippen LogP contribution in [0.3, 0.4) is 0 Å². The molecule has 1 amide bonds. The molecule has 1 aliphatic rings. The molecule has 2 unspecified atom stereocenters. The summed E-state index contributed by atoms with van der Waals surface area (Å²) in [5.41, 5.74) is 6.74. The predicted octanol–water partition coefficient (Wildman–Crippen LogP) is 7.13. The Kier molecular flexibility index (Phi) is 5.72. The minimum absolute atomic E-state index is 0.0909. The summed E-state index contributed by atoms with van der Waals surface area (Å²) >= 11 is 0. The molecule has 0 bridgehead atoms. The molecule has 0 spiro atoms. The van der Waals surface area contributed by atoms with Crippen molar-refractivity contribution in [1.82, 2.24) is 15.0 Å². The number of H-pyrrole nitrogens is 1. The Morgan fingerprint density at radius 2 is 1.76 bits per heavy atom. The Morgan fingerprint density at radius 3 is 2.45 bits per heavy atom. The highest BCUT2D eigenvalue weighted by Crippen LogP contribution is 2.46. The van der Waals surface area contributed by atoms with Crippen molar-refractivity contribution in [2.45, 2.75) is 26.2 Å². The molecule has 0 radical (unpaired) electrons. The van der Waals surface area contributed by atoms with Crippen molar-refractivity contribution >= 4 is 16.9 Å². The highest BCUT2D eigenvalue weighted by atomic mass is 16.5. The third-order valence-corrected chi connectivity index (χ3v) is 7.12. The summed E-state index contributed by atoms with van der Waals surface area (Å²) in [4.78, 5) is 34.6. The number of rotatable bonds is 6. The van der Waals surface area contributed by atoms with Gasteiger partial charge in [0.15, 0.2) is 0 Å². The highest BCUT2D eigenvalue weighted by molar-refractivity contribution is 5.96. The van der Waals surface area contributed by atoms with Crippen molar-refractivity contribution in [3.63, 3.8) is 0 Å². The van der Waals surface area contributed by atoms with Gasteiger partial charge in [-0.25, -0.2) is 0 Å². The molecule has 1 saturated carbocycles. The molecule has 2 aromatic heterocycles. The maximum absolute atomic E-state index is 11.8. The number of nitroso groups, excluding NO2 is 1. The average molecular weight is 505 g/mol. The molecule has 6 rings (SSSR count). The maximum Gasteiger partial charge on any atom is 0.317 e. The van der Waals surface area contributed by atoms with Gasteiger partial charge in [0, 0.05) is 40.2 Å². The van der Waals surface area contributed by atoms with Crippen LogP contribution in [0.25, 0.3) is 33.3 Å². The molecule has 3 aromatic carbocycles. The summed E-state index contributed by atoms with van der Waals surface area (Å²) in [6, 6.07) is 20.5. The molecule has 8 nitrogen and oxygen atoms in total. The summed E-state index contributed by atoms with van der Waals surface area (Å²) in [5, 5.41) is 13.2. The Bertz CT molecular complexity index is 1690. The lowest BCUT2D eigenvalue weighted by atomic mass is 10.00. The lowest BCUT2D eigenvalue weighted by Crippen LogP contribution is -1.98. The zero-order valence-corrected chi connectivity index (χ0v) is 20.8. The lowest BCUT2D eigenvalue weighted by Gasteiger charge is -2.07. The Balaban J connectivity index is 1.24. The van der Waals surface area contributed by atoms with E-state index >= 15 is 0 Å². The van der Waals surface area contributed by atoms with Gasteiger partial charge in [0.1, 0.15) is 11.5 Å². The standard InChI is InChI=1S/C30H24N4O4/c1-16-3-9-21(12-23(16)29(36)34-37)38-30-32-26-13-24(28(35)14-27(26)33-30)19-6-4-18(5-7-19)20-8-10-25(31-15-20)22-11-17(22)2/h3-10,12-15,17,22,35H,11H2,1-2H3,(H,32,33). The number of carbonyl (C=O) groups is 1. The molecule has 5 aromatic rings. The zero-order valence-electron chi connectivity index (χ0n) is 20.8. The van der Waals surface area contributed by atoms with Gasteiger partial charge in [0.25, 0.3) is 6.01 Å². The third-order valence-electron chi connectivity index (χ3n) is 7.12. The first-order chi connectivity index (χ1) is 18.4. The van der Waals surface area contributed by atoms with E-state index in [9.17, 15) is 14.8 Å². The second kappa shape index (κ2) is 9.23. The minimum atomic E-state index is -0.862. The number of nitrogens with one attached hydrogen (secondary N) is 1. The molecule has 38 heavy (non-hydrogen) atoms. The molecule has 2 N–H and O–H groups in total. The fourth-order valence-electron chi connectivity index (χ4n) is 4.73. The van der Waals surface area contributed by atoms with Gasteiger partial charge in [0.05, 0.1) is 16.6 Å². The quantitative estimate of drug-likeness (QED) is 0.238. The summed E-state index contributed by atoms with van der Waals surface area (Å²) in [7, 11) is 0. The summed E-state index contributed by atoms with van der Waals surface area (Å²) in [6.07, 6.45) is 3.14. The number of amides is 1. The van der Waals surface area contributed by atoms with E-state index in [4.69, 9.17) is 4.74 Å². The van der Waals surface area contributed by atoms with E-state index in [2.05, 4.69) is 39.2 Å². The number of pyridine rings is 1. The second-order valence-corrected chi connectivity index (χ2v) is 9.77. The van der Waals surface area contributed by atoms with Crippen LogP contribution in [0.4, 0.5) is 0 Å². The van der Waals surface area contributed by atoms with E-state index in [1.807, 2.05) is 36.5 Å². The normalized spacial score (nSPS) is 16.4. The molecule has 1 fully saturated rings. The van der Waals surface area contributed by atoms with Crippen molar-refractivity contribution in [3.05, 3.63) is 94.7 Å². The van der Waals surface area contributed by atoms with Gasteiger partial charge in [0.2, 0.25) is 0 Å². The number of aryl methyl sites for hydroxylation is 1. The van der Waals surface area contributed by atoms with Crippen LogP contribution >= 0.6 is 0 Å². The van der Waals surface area contributed by atoms with E-state index in [1.54, 1.807) is 25.1 Å². The van der Waals surface area contributed by atoms with Crippen molar-refractivity contribution in [2.75, 3.05) is 0 Å². The number of benzene rings is 3. The molecule has 2 heterocycles. The van der Waals surface area contributed by atoms with Crippen molar-refractivity contribution < 1.29 is 14.6 Å². The SMILES string of the molecule is Cc1ccc(Oc2nc3cc(O)c(-c4ccc(-c5ccc(C6CC6C)nc5)cc4)cc3[nH]2)cc1C(=O)N=O. The van der Waals surface area contributed by atoms with Gasteiger partial charge in [-0.2, -0.15) is 4.98 Å². The van der Waals surface area contributed by atoms with Crippen LogP contribution in [0.1, 0.15) is 40.9 Å². The minimum Gasteiger partial charge on any atom is -0.507 e. The Morgan fingerprint density at radius 1 is 1.03 bits per heavy atom. The molecule has 188 valence electrons. The summed E-state index contributed by atoms with van der Waals surface area (Å²) < 4.78 is 5.79. The molecule has 2 atom stereocenters. The Hall–Kier alpha value is -4.85. The number of ether oxygens (including phenoxy) is 1. The second-order valence-electron chi connectivity index (χ2n) is 9.77. The first-order valence-corrected chi connectivity index (χ1v) is 12.4. The topological polar surface area (TPSA) is 118 Å². The molecule has 8 heteroatoms. The monoisotopic (exact) mass is 504 g/mol. The highest BCUT2D eigenvalue weighted by Gasteiger charge is 2.34. The van der Waals surface area contributed by atoms with E-state index < -0.39 is 5.91 Å². The summed E-state index contributed by atoms with van der Waals surface area (Å²) in [6.45, 7) is 3.96. The number of phenolic OH excluding ortho intramolecular Hbond substituents is 1. The molecule has 0 saturated heterocycles. The smallest absolute Gasteiger partial charge is 0.317 e. The van der Waals surface area contributed by atoms with Gasteiger partial charge >= 0.3 is 5.91 Å². The maximum atomic E-state index is 11.8. The lowest BCUT2D eigenvalue weighted by molar-refractivity contribution is 0.1000. The Labute approximate surface area is 218 Å². The largest absolute Gasteiger partial charge is 0.507 e. The van der Waals surface area contributed by atoms with Crippen molar-refractivity contribution in [3.8, 4) is 39.8 Å².